The Morgan fingerprint density at radius 3 is 2.76 bits per heavy atom. The van der Waals surface area contributed by atoms with E-state index in [-0.39, 0.29) is 11.3 Å². The molecule has 1 heterocycles. The van der Waals surface area contributed by atoms with Gasteiger partial charge in [0, 0.05) is 22.9 Å². The van der Waals surface area contributed by atoms with Gasteiger partial charge in [-0.1, -0.05) is 19.8 Å². The number of thiophene rings is 1. The molecule has 1 fully saturated rings. The fraction of sp³-hybridized carbons (Fsp3) is 0.500. The van der Waals surface area contributed by atoms with Crippen molar-refractivity contribution in [2.24, 2.45) is 5.41 Å². The van der Waals surface area contributed by atoms with E-state index in [1.165, 1.54) is 43.1 Å². The van der Waals surface area contributed by atoms with Crippen LogP contribution >= 0.6 is 11.3 Å². The van der Waals surface area contributed by atoms with Crippen LogP contribution in [0.5, 0.6) is 0 Å². The Hall–Kier alpha value is -1.62. The Morgan fingerprint density at radius 2 is 2.14 bits per heavy atom. The van der Waals surface area contributed by atoms with Crippen LogP contribution in [0.4, 0.5) is 0 Å². The van der Waals surface area contributed by atoms with Gasteiger partial charge in [-0.15, -0.1) is 11.3 Å². The number of carboxylic acids is 1. The smallest absolute Gasteiger partial charge is 0.328 e. The van der Waals surface area contributed by atoms with Crippen molar-refractivity contribution < 1.29 is 14.7 Å². The molecule has 21 heavy (non-hydrogen) atoms. The summed E-state index contributed by atoms with van der Waals surface area (Å²) in [5, 5.41) is 13.4. The monoisotopic (exact) mass is 307 g/mol. The van der Waals surface area contributed by atoms with E-state index in [1.807, 2.05) is 0 Å². The quantitative estimate of drug-likeness (QED) is 0.790. The van der Waals surface area contributed by atoms with Crippen LogP contribution in [0.1, 0.15) is 54.3 Å². The van der Waals surface area contributed by atoms with Crippen molar-refractivity contribution in [1.29, 1.82) is 0 Å². The number of aliphatic carboxylic acids is 1. The number of carbonyl (C=O) groups excluding carboxylic acids is 1. The van der Waals surface area contributed by atoms with Gasteiger partial charge in [0.2, 0.25) is 0 Å². The second-order valence-corrected chi connectivity index (χ2v) is 6.60. The Bertz CT molecular complexity index is 541. The van der Waals surface area contributed by atoms with Gasteiger partial charge in [0.1, 0.15) is 0 Å². The van der Waals surface area contributed by atoms with Crippen LogP contribution in [0.2, 0.25) is 0 Å². The minimum Gasteiger partial charge on any atom is -0.478 e. The van der Waals surface area contributed by atoms with Gasteiger partial charge in [0.25, 0.3) is 5.91 Å². The van der Waals surface area contributed by atoms with E-state index in [4.69, 9.17) is 5.11 Å². The molecule has 0 radical (unpaired) electrons. The van der Waals surface area contributed by atoms with Crippen LogP contribution in [0.15, 0.2) is 17.5 Å². The lowest BCUT2D eigenvalue weighted by Gasteiger charge is -2.27. The van der Waals surface area contributed by atoms with E-state index in [1.54, 1.807) is 11.4 Å². The fourth-order valence-corrected chi connectivity index (χ4v) is 3.64. The third-order valence-electron chi connectivity index (χ3n) is 4.31. The first-order valence-corrected chi connectivity index (χ1v) is 8.20. The molecule has 0 bridgehead atoms. The highest BCUT2D eigenvalue weighted by Gasteiger charge is 2.32. The molecule has 2 rings (SSSR count). The standard InChI is InChI=1S/C16H21NO3S/c1-2-16(7-3-4-8-16)11-17-15(20)12-9-13(21-10-12)5-6-14(18)19/h5-6,9-10H,2-4,7-8,11H2,1H3,(H,17,20)(H,18,19)/b6-5+. The summed E-state index contributed by atoms with van der Waals surface area (Å²) in [6, 6.07) is 1.73. The lowest BCUT2D eigenvalue weighted by atomic mass is 9.83. The molecule has 2 N–H and O–H groups in total. The molecule has 0 aliphatic heterocycles. The number of hydrogen-bond acceptors (Lipinski definition) is 3. The normalized spacial score (nSPS) is 17.2. The van der Waals surface area contributed by atoms with Crippen LogP contribution in [0.3, 0.4) is 0 Å². The van der Waals surface area contributed by atoms with E-state index >= 15 is 0 Å². The Kier molecular flexibility index (Phi) is 5.17. The number of amides is 1. The maximum atomic E-state index is 12.2. The summed E-state index contributed by atoms with van der Waals surface area (Å²) in [4.78, 5) is 23.4. The molecule has 1 amide bonds. The van der Waals surface area contributed by atoms with Gasteiger partial charge in [-0.05, 0) is 36.8 Å². The molecule has 4 nitrogen and oxygen atoms in total. The molecule has 1 aliphatic carbocycles. The van der Waals surface area contributed by atoms with E-state index < -0.39 is 5.97 Å². The predicted octanol–water partition coefficient (Wildman–Crippen LogP) is 3.55. The minimum absolute atomic E-state index is 0.0686. The van der Waals surface area contributed by atoms with Crippen molar-refractivity contribution in [2.45, 2.75) is 39.0 Å². The van der Waals surface area contributed by atoms with Crippen LogP contribution in [-0.2, 0) is 4.79 Å². The van der Waals surface area contributed by atoms with Gasteiger partial charge in [-0.2, -0.15) is 0 Å². The summed E-state index contributed by atoms with van der Waals surface area (Å²) in [5.74, 6) is -1.05. The first-order valence-electron chi connectivity index (χ1n) is 7.32. The zero-order valence-corrected chi connectivity index (χ0v) is 13.0. The van der Waals surface area contributed by atoms with Crippen molar-refractivity contribution in [3.63, 3.8) is 0 Å². The van der Waals surface area contributed by atoms with Gasteiger partial charge < -0.3 is 10.4 Å². The third kappa shape index (κ3) is 4.17. The van der Waals surface area contributed by atoms with Gasteiger partial charge in [0.15, 0.2) is 0 Å². The van der Waals surface area contributed by atoms with Gasteiger partial charge >= 0.3 is 5.97 Å². The van der Waals surface area contributed by atoms with E-state index in [2.05, 4.69) is 12.2 Å². The lowest BCUT2D eigenvalue weighted by Crippen LogP contribution is -2.35. The van der Waals surface area contributed by atoms with Crippen LogP contribution in [0.25, 0.3) is 6.08 Å². The van der Waals surface area contributed by atoms with Gasteiger partial charge in [-0.3, -0.25) is 4.79 Å². The molecule has 0 aromatic carbocycles. The lowest BCUT2D eigenvalue weighted by molar-refractivity contribution is -0.131. The predicted molar refractivity (Wildman–Crippen MR) is 84.5 cm³/mol. The number of carbonyl (C=O) groups is 2. The molecule has 1 aromatic rings. The molecule has 0 atom stereocenters. The average Bonchev–Trinajstić information content (AvgIpc) is 3.12. The zero-order valence-electron chi connectivity index (χ0n) is 12.2. The molecule has 1 saturated carbocycles. The second kappa shape index (κ2) is 6.89. The molecule has 1 aromatic heterocycles. The van der Waals surface area contributed by atoms with Crippen molar-refractivity contribution >= 4 is 29.3 Å². The average molecular weight is 307 g/mol. The van der Waals surface area contributed by atoms with Crippen molar-refractivity contribution in [1.82, 2.24) is 5.32 Å². The van der Waals surface area contributed by atoms with Gasteiger partial charge in [0.05, 0.1) is 5.56 Å². The number of nitrogens with one attached hydrogen (secondary N) is 1. The molecule has 0 spiro atoms. The Morgan fingerprint density at radius 1 is 1.43 bits per heavy atom. The highest BCUT2D eigenvalue weighted by Crippen LogP contribution is 2.40. The highest BCUT2D eigenvalue weighted by molar-refractivity contribution is 7.11. The van der Waals surface area contributed by atoms with Crippen LogP contribution < -0.4 is 5.32 Å². The van der Waals surface area contributed by atoms with E-state index in [0.717, 1.165) is 23.9 Å². The van der Waals surface area contributed by atoms with Crippen LogP contribution in [0, 0.1) is 5.41 Å². The fourth-order valence-electron chi connectivity index (χ4n) is 2.86. The topological polar surface area (TPSA) is 66.4 Å². The molecule has 114 valence electrons. The first kappa shape index (κ1) is 15.8. The maximum absolute atomic E-state index is 12.2. The van der Waals surface area contributed by atoms with Crippen LogP contribution in [-0.4, -0.2) is 23.5 Å². The van der Waals surface area contributed by atoms with Crippen molar-refractivity contribution in [3.8, 4) is 0 Å². The molecule has 0 unspecified atom stereocenters. The molecular weight excluding hydrogens is 286 g/mol. The first-order chi connectivity index (χ1) is 10.0. The molecule has 5 heteroatoms. The largest absolute Gasteiger partial charge is 0.478 e. The third-order valence-corrected chi connectivity index (χ3v) is 5.21. The van der Waals surface area contributed by atoms with Crippen molar-refractivity contribution in [3.05, 3.63) is 28.0 Å². The molecular formula is C16H21NO3S. The zero-order chi connectivity index (χ0) is 15.3. The number of rotatable bonds is 6. The van der Waals surface area contributed by atoms with Crippen molar-refractivity contribution in [2.75, 3.05) is 6.54 Å². The maximum Gasteiger partial charge on any atom is 0.328 e. The highest BCUT2D eigenvalue weighted by atomic mass is 32.1. The summed E-state index contributed by atoms with van der Waals surface area (Å²) < 4.78 is 0. The summed E-state index contributed by atoms with van der Waals surface area (Å²) in [5.41, 5.74) is 0.881. The number of hydrogen-bond donors (Lipinski definition) is 2. The second-order valence-electron chi connectivity index (χ2n) is 5.65. The molecule has 0 saturated heterocycles. The van der Waals surface area contributed by atoms with E-state index in [9.17, 15) is 9.59 Å². The summed E-state index contributed by atoms with van der Waals surface area (Å²) in [6.07, 6.45) is 8.59. The molecule has 1 aliphatic rings. The summed E-state index contributed by atoms with van der Waals surface area (Å²) >= 11 is 1.37. The summed E-state index contributed by atoms with van der Waals surface area (Å²) in [7, 11) is 0. The Labute approximate surface area is 128 Å². The minimum atomic E-state index is -0.986. The SMILES string of the molecule is CCC1(CNC(=O)c2csc(/C=C/C(=O)O)c2)CCCC1. The van der Waals surface area contributed by atoms with E-state index in [0.29, 0.717) is 5.56 Å². The number of carboxylic acid groups (broad SMARTS) is 1. The summed E-state index contributed by atoms with van der Waals surface area (Å²) in [6.45, 7) is 2.93. The van der Waals surface area contributed by atoms with Gasteiger partial charge in [-0.25, -0.2) is 4.79 Å². The Balaban J connectivity index is 1.93.